The van der Waals surface area contributed by atoms with Gasteiger partial charge < -0.3 is 20.4 Å². The van der Waals surface area contributed by atoms with Gasteiger partial charge in [-0.2, -0.15) is 0 Å². The molecule has 0 heterocycles. The number of nitrogen functional groups attached to an aromatic ring is 1. The van der Waals surface area contributed by atoms with Crippen molar-refractivity contribution in [2.24, 2.45) is 11.8 Å². The van der Waals surface area contributed by atoms with E-state index in [2.05, 4.69) is 364 Å². The van der Waals surface area contributed by atoms with Gasteiger partial charge in [0.15, 0.2) is 0 Å². The van der Waals surface area contributed by atoms with Gasteiger partial charge in [0.2, 0.25) is 0 Å². The molecule has 1 fully saturated rings. The maximum Gasteiger partial charge on any atom is 0.0514 e. The number of hydrogen-bond donors (Lipinski definition) is 1. The average Bonchev–Trinajstić information content (AvgIpc) is 1.77. The Morgan fingerprint density at radius 2 is 1.23 bits per heavy atom. The zero-order valence-corrected chi connectivity index (χ0v) is 59.4. The van der Waals surface area contributed by atoms with Gasteiger partial charge in [0.1, 0.15) is 0 Å². The lowest BCUT2D eigenvalue weighted by atomic mass is 9.95. The molecule has 2 N–H and O–H groups in total. The number of para-hydroxylation sites is 3. The fraction of sp³-hybridized carbons (Fsp3) is 0.200. The van der Waals surface area contributed by atoms with Crippen molar-refractivity contribution in [1.29, 1.82) is 0 Å². The lowest BCUT2D eigenvalue weighted by Gasteiger charge is -2.31. The van der Waals surface area contributed by atoms with E-state index in [-0.39, 0.29) is 6.04 Å². The van der Waals surface area contributed by atoms with Crippen LogP contribution in [0.2, 0.25) is 0 Å². The molecule has 0 spiro atoms. The third-order valence-corrected chi connectivity index (χ3v) is 17.6. The van der Waals surface area contributed by atoms with Crippen molar-refractivity contribution < 1.29 is 0 Å². The first-order valence-corrected chi connectivity index (χ1v) is 35.5. The minimum Gasteiger partial charge on any atom is -0.399 e. The Bertz CT molecular complexity index is 4170. The lowest BCUT2D eigenvalue weighted by molar-refractivity contribution is 0.728. The molecule has 3 unspecified atom stereocenters. The van der Waals surface area contributed by atoms with E-state index in [4.69, 9.17) is 12.2 Å². The Labute approximate surface area is 595 Å². The number of benzene rings is 7. The van der Waals surface area contributed by atoms with Gasteiger partial charge in [0, 0.05) is 59.3 Å². The summed E-state index contributed by atoms with van der Waals surface area (Å²) in [6.45, 7) is 22.5. The Morgan fingerprint density at radius 3 is 1.85 bits per heavy atom. The van der Waals surface area contributed by atoms with Gasteiger partial charge in [0.25, 0.3) is 0 Å². The summed E-state index contributed by atoms with van der Waals surface area (Å²) in [6, 6.07) is 70.4. The molecule has 0 radical (unpaired) electrons. The fourth-order valence-electron chi connectivity index (χ4n) is 12.3. The van der Waals surface area contributed by atoms with Crippen LogP contribution < -0.4 is 20.4 Å². The molecule has 4 nitrogen and oxygen atoms in total. The fourth-order valence-corrected chi connectivity index (χ4v) is 12.3. The highest BCUT2D eigenvalue weighted by Gasteiger charge is 2.37. The highest BCUT2D eigenvalue weighted by molar-refractivity contribution is 5.78. The molecule has 1 saturated carbocycles. The second-order valence-corrected chi connectivity index (χ2v) is 24.7. The van der Waals surface area contributed by atoms with E-state index < -0.39 is 0 Å². The lowest BCUT2D eigenvalue weighted by Crippen LogP contribution is -2.34. The Kier molecular flexibility index (Phi) is 30.4. The maximum atomic E-state index is 5.98. The van der Waals surface area contributed by atoms with Crippen LogP contribution in [-0.4, -0.2) is 19.1 Å². The van der Waals surface area contributed by atoms with Gasteiger partial charge >= 0.3 is 0 Å². The molecule has 4 aliphatic rings. The van der Waals surface area contributed by atoms with Crippen molar-refractivity contribution in [2.45, 2.75) is 99.0 Å². The summed E-state index contributed by atoms with van der Waals surface area (Å²) in [5.74, 6) is 4.14. The molecule has 0 saturated heterocycles. The highest BCUT2D eigenvalue weighted by atomic mass is 15.2. The zero-order valence-electron chi connectivity index (χ0n) is 59.4. The van der Waals surface area contributed by atoms with E-state index in [1.807, 2.05) is 39.0 Å². The standard InChI is InChI=1S/C58H54N2.C30H32N2.C5H10.C2H6/c1-4-6-21-48(52-35-36-53(45-52)49-22-11-7-12-23-49)24-19-43-59(54-25-13-8-14-26-54)55-27-15-9-18-30-57(40-32-46(3)31-39-55)60(56-28-16-10-17-29-56)58-41-37-50(38-42-58)51-34-33-47(44-51)20-5-2;1-3-4-13-25(30(29-20-23(29)2)21-24-11-7-5-8-12-24)22-32(27-14-9-6-10-15-27)28-18-16-26(31)17-19-28;1-3-5-4-2;1-2/h1,5,7-17,19,21-26,28-42,55H,2-3,6,18,20,27,43-45H2;3-19,21,23,29H,20,22,31H2,1-2H3;3,5H,4H2,1-2H3;1-2H3/b15-9+,24-19-,39-31-,40-32-,48-21+,57-30+;4-3-,25-13+,30-21-;5-3-;. The monoisotopic (exact) mass is 1300 g/mol. The largest absolute Gasteiger partial charge is 0.399 e. The van der Waals surface area contributed by atoms with Gasteiger partial charge in [-0.05, 0) is 205 Å². The van der Waals surface area contributed by atoms with Crippen molar-refractivity contribution >= 4 is 51.3 Å². The Balaban J connectivity index is 0.000000267. The first-order chi connectivity index (χ1) is 48.7. The van der Waals surface area contributed by atoms with Crippen molar-refractivity contribution in [3.05, 3.63) is 391 Å². The number of rotatable bonds is 23. The Hall–Kier alpha value is -10.9. The predicted octanol–water partition coefficient (Wildman–Crippen LogP) is 25.5. The second-order valence-electron chi connectivity index (χ2n) is 24.7. The van der Waals surface area contributed by atoms with Crippen LogP contribution >= 0.6 is 0 Å². The smallest absolute Gasteiger partial charge is 0.0514 e. The van der Waals surface area contributed by atoms with Crippen LogP contribution in [0.15, 0.2) is 374 Å². The number of allylic oxidation sites excluding steroid dienone is 23. The molecular weight excluding hydrogens is 1200 g/mol. The van der Waals surface area contributed by atoms with Crippen molar-refractivity contribution in [3.8, 4) is 12.3 Å². The summed E-state index contributed by atoms with van der Waals surface area (Å²) < 4.78 is 0. The van der Waals surface area contributed by atoms with E-state index >= 15 is 0 Å². The van der Waals surface area contributed by atoms with Gasteiger partial charge in [-0.3, -0.25) is 0 Å². The minimum atomic E-state index is 0.105. The van der Waals surface area contributed by atoms with Gasteiger partial charge in [0.05, 0.1) is 6.04 Å². The number of nitrogens with zero attached hydrogens (tertiary/aromatic N) is 3. The van der Waals surface area contributed by atoms with Gasteiger partial charge in [-0.15, -0.1) is 18.9 Å². The molecular formula is C95H102N4. The molecule has 99 heavy (non-hydrogen) atoms. The molecule has 7 aromatic rings. The molecule has 502 valence electrons. The third-order valence-electron chi connectivity index (χ3n) is 17.6. The first-order valence-electron chi connectivity index (χ1n) is 35.5. The second kappa shape index (κ2) is 40.6. The van der Waals surface area contributed by atoms with Crippen molar-refractivity contribution in [2.75, 3.05) is 33.5 Å². The molecule has 4 heteroatoms. The van der Waals surface area contributed by atoms with Crippen LogP contribution in [0, 0.1) is 24.2 Å². The van der Waals surface area contributed by atoms with E-state index in [9.17, 15) is 0 Å². The number of nitrogens with two attached hydrogens (primary N) is 1. The average molecular weight is 1300 g/mol. The Morgan fingerprint density at radius 1 is 0.646 bits per heavy atom. The van der Waals surface area contributed by atoms with Gasteiger partial charge in [-0.1, -0.05) is 289 Å². The highest BCUT2D eigenvalue weighted by Crippen LogP contribution is 2.48. The van der Waals surface area contributed by atoms with Crippen LogP contribution in [0.1, 0.15) is 110 Å². The molecule has 7 aromatic carbocycles. The summed E-state index contributed by atoms with van der Waals surface area (Å²) >= 11 is 0. The number of anilines is 6. The van der Waals surface area contributed by atoms with E-state index in [0.29, 0.717) is 12.3 Å². The van der Waals surface area contributed by atoms with Crippen LogP contribution in [0.3, 0.4) is 0 Å². The number of terminal acetylenes is 1. The molecule has 0 bridgehead atoms. The predicted molar refractivity (Wildman–Crippen MR) is 435 cm³/mol. The maximum absolute atomic E-state index is 5.98. The summed E-state index contributed by atoms with van der Waals surface area (Å²) in [5.41, 5.74) is 27.6. The van der Waals surface area contributed by atoms with Crippen LogP contribution in [-0.2, 0) is 0 Å². The van der Waals surface area contributed by atoms with Crippen molar-refractivity contribution in [3.63, 3.8) is 0 Å². The molecule has 0 amide bonds. The summed E-state index contributed by atoms with van der Waals surface area (Å²) in [5, 5.41) is 0. The molecule has 11 rings (SSSR count). The molecule has 3 atom stereocenters. The molecule has 4 aliphatic carbocycles. The molecule has 0 aliphatic heterocycles. The topological polar surface area (TPSA) is 35.7 Å². The van der Waals surface area contributed by atoms with Crippen LogP contribution in [0.5, 0.6) is 0 Å². The van der Waals surface area contributed by atoms with E-state index in [1.54, 1.807) is 0 Å². The third kappa shape index (κ3) is 22.9. The quantitative estimate of drug-likeness (QED) is 0.0300. The van der Waals surface area contributed by atoms with E-state index in [1.165, 1.54) is 73.5 Å². The summed E-state index contributed by atoms with van der Waals surface area (Å²) in [7, 11) is 0. The number of hydrogen-bond acceptors (Lipinski definition) is 4. The first kappa shape index (κ1) is 73.9. The van der Waals surface area contributed by atoms with Gasteiger partial charge in [-0.25, -0.2) is 0 Å². The normalized spacial score (nSPS) is 18.3. The minimum absolute atomic E-state index is 0.105. The van der Waals surface area contributed by atoms with Crippen LogP contribution in [0.4, 0.5) is 34.1 Å². The summed E-state index contributed by atoms with van der Waals surface area (Å²) in [6.07, 6.45) is 59.6. The zero-order chi connectivity index (χ0) is 69.8. The SMILES string of the molecule is C#CC/C=C(\C=C/CN(c1ccccc1)C1/C=C\C(=C)/C=C\C(N(c2ccccc2)c2ccc(C3=CC=C(CC=C)C3)cc2)=C/C/C=C/C1)C1=CC=C(c2ccccc2)C1.C/C=C\CC.CC.C\C=C/C=C(CN(c1ccccc1)c1ccc(N)cc1)/C(=C/c1ccccc1)C1CC1C. The van der Waals surface area contributed by atoms with Crippen LogP contribution in [0.25, 0.3) is 17.2 Å². The van der Waals surface area contributed by atoms with E-state index in [0.717, 1.165) is 91.6 Å². The summed E-state index contributed by atoms with van der Waals surface area (Å²) in [4.78, 5) is 7.18. The van der Waals surface area contributed by atoms with Crippen molar-refractivity contribution in [1.82, 2.24) is 0 Å². The molecule has 0 aromatic heterocycles.